The number of carboxylic acid groups (broad SMARTS) is 1. The summed E-state index contributed by atoms with van der Waals surface area (Å²) in [6, 6.07) is 5.96. The molecule has 1 rings (SSSR count). The Bertz CT molecular complexity index is 558. The summed E-state index contributed by atoms with van der Waals surface area (Å²) >= 11 is -0.968. The van der Waals surface area contributed by atoms with E-state index in [1.54, 1.807) is 0 Å². The van der Waals surface area contributed by atoms with Gasteiger partial charge in [0.1, 0.15) is 0 Å². The van der Waals surface area contributed by atoms with Crippen LogP contribution in [-0.4, -0.2) is 40.0 Å². The SMILES string of the molecule is O=C(O)CSC(NC(=O)c1ccccc1)(C(F)(F)F)C(F)(F)F. The van der Waals surface area contributed by atoms with E-state index in [1.165, 1.54) is 18.2 Å². The van der Waals surface area contributed by atoms with Crippen LogP contribution in [0.15, 0.2) is 30.3 Å². The number of carbonyl (C=O) groups excluding carboxylic acids is 1. The highest BCUT2D eigenvalue weighted by atomic mass is 32.2. The van der Waals surface area contributed by atoms with Crippen LogP contribution < -0.4 is 5.32 Å². The summed E-state index contributed by atoms with van der Waals surface area (Å²) in [4.78, 5) is 17.4. The summed E-state index contributed by atoms with van der Waals surface area (Å²) in [5, 5.41) is 9.28. The first-order chi connectivity index (χ1) is 10.4. The Hall–Kier alpha value is -1.91. The van der Waals surface area contributed by atoms with Crippen molar-refractivity contribution in [2.24, 2.45) is 0 Å². The van der Waals surface area contributed by atoms with Gasteiger partial charge < -0.3 is 10.4 Å². The molecule has 0 spiro atoms. The molecule has 23 heavy (non-hydrogen) atoms. The Balaban J connectivity index is 3.27. The van der Waals surface area contributed by atoms with Gasteiger partial charge in [0.25, 0.3) is 10.8 Å². The molecule has 0 radical (unpaired) electrons. The normalized spacial score (nSPS) is 12.8. The third-order valence-electron chi connectivity index (χ3n) is 2.54. The van der Waals surface area contributed by atoms with Crippen molar-refractivity contribution in [3.63, 3.8) is 0 Å². The number of nitrogens with one attached hydrogen (secondary N) is 1. The van der Waals surface area contributed by atoms with Crippen LogP contribution in [0.3, 0.4) is 0 Å². The van der Waals surface area contributed by atoms with Gasteiger partial charge in [0.15, 0.2) is 0 Å². The van der Waals surface area contributed by atoms with Crippen molar-refractivity contribution in [3.8, 4) is 0 Å². The number of thioether (sulfide) groups is 1. The number of carbonyl (C=O) groups is 2. The molecule has 0 aliphatic rings. The second kappa shape index (κ2) is 6.69. The van der Waals surface area contributed by atoms with E-state index in [2.05, 4.69) is 0 Å². The van der Waals surface area contributed by atoms with Crippen LogP contribution in [0.1, 0.15) is 10.4 Å². The second-order valence-corrected chi connectivity index (χ2v) is 5.37. The minimum absolute atomic E-state index is 0.429. The van der Waals surface area contributed by atoms with E-state index in [-0.39, 0.29) is 0 Å². The molecular formula is C12H9F6NO3S. The Morgan fingerprint density at radius 2 is 1.48 bits per heavy atom. The molecule has 1 aromatic carbocycles. The topological polar surface area (TPSA) is 66.4 Å². The smallest absolute Gasteiger partial charge is 0.430 e. The van der Waals surface area contributed by atoms with Crippen molar-refractivity contribution in [1.29, 1.82) is 0 Å². The third kappa shape index (κ3) is 4.30. The van der Waals surface area contributed by atoms with Gasteiger partial charge >= 0.3 is 18.3 Å². The highest BCUT2D eigenvalue weighted by molar-refractivity contribution is 8.01. The van der Waals surface area contributed by atoms with E-state index >= 15 is 0 Å². The van der Waals surface area contributed by atoms with E-state index < -0.39 is 52.2 Å². The average molecular weight is 361 g/mol. The predicted octanol–water partition coefficient (Wildman–Crippen LogP) is 3.06. The van der Waals surface area contributed by atoms with Gasteiger partial charge in [0.05, 0.1) is 5.75 Å². The second-order valence-electron chi connectivity index (χ2n) is 4.18. The molecule has 0 aliphatic heterocycles. The predicted molar refractivity (Wildman–Crippen MR) is 68.8 cm³/mol. The van der Waals surface area contributed by atoms with Gasteiger partial charge in [-0.15, -0.1) is 11.8 Å². The molecule has 0 saturated heterocycles. The number of alkyl halides is 6. The Morgan fingerprint density at radius 1 is 1.00 bits per heavy atom. The van der Waals surface area contributed by atoms with Crippen molar-refractivity contribution in [3.05, 3.63) is 35.9 Å². The van der Waals surface area contributed by atoms with Crippen LogP contribution in [-0.2, 0) is 4.79 Å². The molecule has 0 unspecified atom stereocenters. The van der Waals surface area contributed by atoms with Crippen LogP contribution in [0.2, 0.25) is 0 Å². The van der Waals surface area contributed by atoms with Gasteiger partial charge in [-0.1, -0.05) is 18.2 Å². The largest absolute Gasteiger partial charge is 0.481 e. The summed E-state index contributed by atoms with van der Waals surface area (Å²) in [6.07, 6.45) is -11.9. The van der Waals surface area contributed by atoms with Crippen molar-refractivity contribution in [2.45, 2.75) is 17.2 Å². The fourth-order valence-electron chi connectivity index (χ4n) is 1.49. The minimum atomic E-state index is -5.96. The summed E-state index contributed by atoms with van der Waals surface area (Å²) in [6.45, 7) is 0. The number of hydrogen-bond donors (Lipinski definition) is 2. The molecule has 0 bridgehead atoms. The lowest BCUT2D eigenvalue weighted by molar-refractivity contribution is -0.270. The van der Waals surface area contributed by atoms with Gasteiger partial charge in [0, 0.05) is 5.56 Å². The van der Waals surface area contributed by atoms with Gasteiger partial charge in [-0.25, -0.2) is 0 Å². The lowest BCUT2D eigenvalue weighted by atomic mass is 10.2. The molecule has 2 N–H and O–H groups in total. The molecular weight excluding hydrogens is 352 g/mol. The Kier molecular flexibility index (Phi) is 5.56. The molecule has 11 heteroatoms. The average Bonchev–Trinajstić information content (AvgIpc) is 2.41. The van der Waals surface area contributed by atoms with Crippen LogP contribution >= 0.6 is 11.8 Å². The van der Waals surface area contributed by atoms with E-state index in [9.17, 15) is 35.9 Å². The number of carboxylic acids is 1. The molecule has 0 aromatic heterocycles. The quantitative estimate of drug-likeness (QED) is 0.625. The van der Waals surface area contributed by atoms with E-state index in [0.717, 1.165) is 17.4 Å². The molecule has 0 heterocycles. The number of benzene rings is 1. The van der Waals surface area contributed by atoms with Crippen LogP contribution in [0, 0.1) is 0 Å². The van der Waals surface area contributed by atoms with Gasteiger partial charge in [-0.05, 0) is 12.1 Å². The zero-order valence-corrected chi connectivity index (χ0v) is 11.9. The van der Waals surface area contributed by atoms with Crippen molar-refractivity contribution in [1.82, 2.24) is 5.32 Å². The highest BCUT2D eigenvalue weighted by Gasteiger charge is 2.72. The monoisotopic (exact) mass is 361 g/mol. The summed E-state index contributed by atoms with van der Waals surface area (Å²) < 4.78 is 78.3. The third-order valence-corrected chi connectivity index (χ3v) is 3.93. The standard InChI is InChI=1S/C12H9F6NO3S/c13-11(14,15)10(12(16,17)18,23-6-8(20)21)19-9(22)7-4-2-1-3-5-7/h1-5H,6H2,(H,19,22)(H,20,21). The van der Waals surface area contributed by atoms with Gasteiger partial charge in [-0.3, -0.25) is 9.59 Å². The first-order valence-electron chi connectivity index (χ1n) is 5.77. The molecule has 0 atom stereocenters. The molecule has 0 saturated carbocycles. The Labute approximate surface area is 129 Å². The zero-order valence-electron chi connectivity index (χ0n) is 11.0. The molecule has 0 aliphatic carbocycles. The molecule has 0 fully saturated rings. The number of hydrogen-bond acceptors (Lipinski definition) is 3. The fourth-order valence-corrected chi connectivity index (χ4v) is 2.33. The number of rotatable bonds is 5. The van der Waals surface area contributed by atoms with E-state index in [0.29, 0.717) is 0 Å². The molecule has 1 amide bonds. The van der Waals surface area contributed by atoms with E-state index in [4.69, 9.17) is 5.11 Å². The summed E-state index contributed by atoms with van der Waals surface area (Å²) in [5.74, 6) is -5.02. The molecule has 1 aromatic rings. The zero-order chi connectivity index (χ0) is 17.9. The first-order valence-corrected chi connectivity index (χ1v) is 6.76. The first kappa shape index (κ1) is 19.1. The van der Waals surface area contributed by atoms with Crippen LogP contribution in [0.25, 0.3) is 0 Å². The summed E-state index contributed by atoms with van der Waals surface area (Å²) in [7, 11) is 0. The highest BCUT2D eigenvalue weighted by Crippen LogP contribution is 2.50. The Morgan fingerprint density at radius 3 is 1.87 bits per heavy atom. The molecule has 4 nitrogen and oxygen atoms in total. The lowest BCUT2D eigenvalue weighted by Crippen LogP contribution is -2.65. The lowest BCUT2D eigenvalue weighted by Gasteiger charge is -2.36. The molecule has 128 valence electrons. The van der Waals surface area contributed by atoms with Crippen molar-refractivity contribution >= 4 is 23.6 Å². The maximum atomic E-state index is 13.0. The van der Waals surface area contributed by atoms with Crippen LogP contribution in [0.4, 0.5) is 26.3 Å². The van der Waals surface area contributed by atoms with Gasteiger partial charge in [-0.2, -0.15) is 26.3 Å². The number of aliphatic carboxylic acids is 1. The van der Waals surface area contributed by atoms with Crippen molar-refractivity contribution in [2.75, 3.05) is 5.75 Å². The number of halogens is 6. The maximum absolute atomic E-state index is 13.0. The summed E-state index contributed by atoms with van der Waals surface area (Å²) in [5.41, 5.74) is -0.429. The number of amides is 1. The minimum Gasteiger partial charge on any atom is -0.481 e. The van der Waals surface area contributed by atoms with E-state index in [1.807, 2.05) is 0 Å². The maximum Gasteiger partial charge on any atom is 0.430 e. The van der Waals surface area contributed by atoms with Crippen LogP contribution in [0.5, 0.6) is 0 Å². The van der Waals surface area contributed by atoms with Crippen molar-refractivity contribution < 1.29 is 41.0 Å². The van der Waals surface area contributed by atoms with Gasteiger partial charge in [0.2, 0.25) is 0 Å². The fraction of sp³-hybridized carbons (Fsp3) is 0.333.